The zero-order valence-corrected chi connectivity index (χ0v) is 40.2. The molecule has 12 nitrogen and oxygen atoms in total. The molecule has 2 unspecified atom stereocenters. The van der Waals surface area contributed by atoms with Crippen LogP contribution in [-0.2, 0) is 38.7 Å². The maximum Gasteiger partial charge on any atom is 0.306 e. The standard InChI is InChI=1S/C51H86O12S/c1-3-5-7-9-11-13-15-17-19-21-22-24-25-27-29-31-33-35-37-39-46(52)60-41-44(42-61-51-50(56)49(55)48(54)45(63-51)43-64(57,58)59)62-47(53)40-38-36-34-32-30-28-26-23-20-18-16-14-12-10-8-6-4-2/h8,10-11,13-14,16-17,19-20,23,28,30,44-45,48-51,54-56H,3-7,9,12,15,18,21-22,24-27,29,31-43H2,1-2H3,(H,57,58,59)/b10-8+,13-11+,16-14+,19-17+,23-20+,30-28+/t44-,45-,48-,49?,50?,51+/m1/s1. The van der Waals surface area contributed by atoms with Gasteiger partial charge in [0.15, 0.2) is 12.4 Å². The monoisotopic (exact) mass is 923 g/mol. The van der Waals surface area contributed by atoms with Gasteiger partial charge < -0.3 is 34.3 Å². The summed E-state index contributed by atoms with van der Waals surface area (Å²) in [6.07, 6.45) is 42.2. The molecule has 0 aromatic rings. The number of carbonyl (C=O) groups excluding carboxylic acids is 2. The molecule has 0 amide bonds. The Labute approximate surface area is 387 Å². The van der Waals surface area contributed by atoms with Crippen LogP contribution in [0.5, 0.6) is 0 Å². The van der Waals surface area contributed by atoms with Gasteiger partial charge in [-0.1, -0.05) is 157 Å². The van der Waals surface area contributed by atoms with Crippen LogP contribution in [-0.4, -0.2) is 96.0 Å². The number of hydrogen-bond donors (Lipinski definition) is 4. The number of carbonyl (C=O) groups is 2. The van der Waals surface area contributed by atoms with Gasteiger partial charge in [0, 0.05) is 12.8 Å². The number of aliphatic hydroxyl groups excluding tert-OH is 3. The third-order valence-corrected chi connectivity index (χ3v) is 11.5. The van der Waals surface area contributed by atoms with Crippen molar-refractivity contribution >= 4 is 22.1 Å². The first-order chi connectivity index (χ1) is 31.0. The summed E-state index contributed by atoms with van der Waals surface area (Å²) < 4.78 is 54.1. The van der Waals surface area contributed by atoms with Crippen LogP contribution >= 0.6 is 0 Å². The number of aliphatic hydroxyl groups is 3. The van der Waals surface area contributed by atoms with Crippen molar-refractivity contribution in [3.05, 3.63) is 72.9 Å². The van der Waals surface area contributed by atoms with Gasteiger partial charge in [-0.3, -0.25) is 14.1 Å². The van der Waals surface area contributed by atoms with Gasteiger partial charge in [0.1, 0.15) is 36.8 Å². The van der Waals surface area contributed by atoms with Crippen molar-refractivity contribution in [2.24, 2.45) is 0 Å². The first-order valence-electron chi connectivity index (χ1n) is 24.5. The second kappa shape index (κ2) is 40.4. The maximum absolute atomic E-state index is 12.8. The van der Waals surface area contributed by atoms with Crippen molar-refractivity contribution in [3.8, 4) is 0 Å². The first-order valence-corrected chi connectivity index (χ1v) is 26.1. The lowest BCUT2D eigenvalue weighted by Gasteiger charge is -2.40. The van der Waals surface area contributed by atoms with E-state index in [0.717, 1.165) is 77.0 Å². The Bertz CT molecular complexity index is 1450. The summed E-state index contributed by atoms with van der Waals surface area (Å²) in [5.41, 5.74) is 0. The van der Waals surface area contributed by atoms with Crippen LogP contribution in [0.1, 0.15) is 181 Å². The lowest BCUT2D eigenvalue weighted by Crippen LogP contribution is -2.60. The molecule has 4 N–H and O–H groups in total. The van der Waals surface area contributed by atoms with Crippen LogP contribution in [0, 0.1) is 0 Å². The van der Waals surface area contributed by atoms with Crippen LogP contribution in [0.3, 0.4) is 0 Å². The Balaban J connectivity index is 2.43. The van der Waals surface area contributed by atoms with Crippen LogP contribution in [0.15, 0.2) is 72.9 Å². The van der Waals surface area contributed by atoms with E-state index in [2.05, 4.69) is 86.8 Å². The Kier molecular flexibility index (Phi) is 37.3. The molecule has 1 saturated heterocycles. The number of hydrogen-bond acceptors (Lipinski definition) is 11. The van der Waals surface area contributed by atoms with E-state index in [1.165, 1.54) is 64.2 Å². The van der Waals surface area contributed by atoms with Crippen molar-refractivity contribution in [2.75, 3.05) is 19.0 Å². The molecule has 0 bridgehead atoms. The average molecular weight is 923 g/mol. The molecule has 0 spiro atoms. The van der Waals surface area contributed by atoms with Crippen molar-refractivity contribution < 1.29 is 56.8 Å². The molecule has 0 radical (unpaired) electrons. The highest BCUT2D eigenvalue weighted by Gasteiger charge is 2.46. The fourth-order valence-electron chi connectivity index (χ4n) is 6.93. The summed E-state index contributed by atoms with van der Waals surface area (Å²) in [5.74, 6) is -2.04. The van der Waals surface area contributed by atoms with Crippen molar-refractivity contribution in [1.29, 1.82) is 0 Å². The number of rotatable bonds is 40. The molecule has 0 saturated carbocycles. The summed E-state index contributed by atoms with van der Waals surface area (Å²) in [5, 5.41) is 30.9. The molecule has 13 heteroatoms. The molecule has 6 atom stereocenters. The van der Waals surface area contributed by atoms with Crippen LogP contribution in [0.25, 0.3) is 0 Å². The number of unbranched alkanes of at least 4 members (excludes halogenated alkanes) is 16. The summed E-state index contributed by atoms with van der Waals surface area (Å²) in [4.78, 5) is 25.5. The normalized spacial score (nSPS) is 20.2. The van der Waals surface area contributed by atoms with Crippen LogP contribution < -0.4 is 0 Å². The van der Waals surface area contributed by atoms with Gasteiger partial charge in [-0.05, 0) is 83.5 Å². The Morgan fingerprint density at radius 1 is 0.531 bits per heavy atom. The van der Waals surface area contributed by atoms with E-state index in [1.54, 1.807) is 0 Å². The van der Waals surface area contributed by atoms with Crippen LogP contribution in [0.2, 0.25) is 0 Å². The van der Waals surface area contributed by atoms with Gasteiger partial charge in [0.25, 0.3) is 10.1 Å². The predicted octanol–water partition coefficient (Wildman–Crippen LogP) is 10.7. The fraction of sp³-hybridized carbons (Fsp3) is 0.725. The maximum atomic E-state index is 12.8. The summed E-state index contributed by atoms with van der Waals surface area (Å²) in [6, 6.07) is 0. The minimum absolute atomic E-state index is 0.122. The van der Waals surface area contributed by atoms with Gasteiger partial charge in [-0.2, -0.15) is 8.42 Å². The zero-order chi connectivity index (χ0) is 46.9. The predicted molar refractivity (Wildman–Crippen MR) is 256 cm³/mol. The molecule has 1 rings (SSSR count). The molecule has 1 aliphatic rings. The summed E-state index contributed by atoms with van der Waals surface area (Å²) >= 11 is 0. The Morgan fingerprint density at radius 2 is 0.969 bits per heavy atom. The van der Waals surface area contributed by atoms with Gasteiger partial charge in [-0.15, -0.1) is 0 Å². The fourth-order valence-corrected chi connectivity index (χ4v) is 7.62. The van der Waals surface area contributed by atoms with E-state index in [-0.39, 0.29) is 19.4 Å². The zero-order valence-electron chi connectivity index (χ0n) is 39.4. The second-order valence-corrected chi connectivity index (χ2v) is 18.3. The van der Waals surface area contributed by atoms with E-state index < -0.39 is 71.2 Å². The average Bonchev–Trinajstić information content (AvgIpc) is 3.26. The van der Waals surface area contributed by atoms with Crippen LogP contribution in [0.4, 0.5) is 0 Å². The van der Waals surface area contributed by atoms with E-state index in [9.17, 15) is 37.9 Å². The first kappa shape index (κ1) is 59.1. The number of ether oxygens (including phenoxy) is 4. The van der Waals surface area contributed by atoms with E-state index in [0.29, 0.717) is 12.8 Å². The number of esters is 2. The summed E-state index contributed by atoms with van der Waals surface area (Å²) in [7, 11) is -4.61. The van der Waals surface area contributed by atoms with E-state index >= 15 is 0 Å². The molecule has 1 heterocycles. The smallest absolute Gasteiger partial charge is 0.306 e. The third-order valence-electron chi connectivity index (χ3n) is 10.7. The Hall–Kier alpha value is -2.91. The third kappa shape index (κ3) is 34.4. The minimum Gasteiger partial charge on any atom is -0.462 e. The van der Waals surface area contributed by atoms with Crippen molar-refractivity contribution in [3.63, 3.8) is 0 Å². The van der Waals surface area contributed by atoms with E-state index in [4.69, 9.17) is 18.9 Å². The molecule has 0 aromatic heterocycles. The topological polar surface area (TPSA) is 186 Å². The quantitative estimate of drug-likeness (QED) is 0.0198. The molecule has 64 heavy (non-hydrogen) atoms. The SMILES string of the molecule is CCC/C=C/C/C=C/C/C=C/C/C=C/CCCCCC(=O)O[C@H](COC(=O)CCCCCCCCCCC/C=C/C/C=C/CCCCC)CO[C@H]1O[C@H](CS(=O)(=O)O)[C@@H](O)C(O)C1O. The molecule has 1 aliphatic heterocycles. The summed E-state index contributed by atoms with van der Waals surface area (Å²) in [6.45, 7) is 3.64. The van der Waals surface area contributed by atoms with Crippen molar-refractivity contribution in [1.82, 2.24) is 0 Å². The van der Waals surface area contributed by atoms with Gasteiger partial charge in [0.05, 0.1) is 6.61 Å². The van der Waals surface area contributed by atoms with Gasteiger partial charge >= 0.3 is 11.9 Å². The second-order valence-electron chi connectivity index (χ2n) is 16.8. The molecular weight excluding hydrogens is 837 g/mol. The molecule has 368 valence electrons. The molecule has 1 fully saturated rings. The van der Waals surface area contributed by atoms with Gasteiger partial charge in [0.2, 0.25) is 0 Å². The van der Waals surface area contributed by atoms with Crippen molar-refractivity contribution in [2.45, 2.75) is 218 Å². The van der Waals surface area contributed by atoms with E-state index in [1.807, 2.05) is 0 Å². The lowest BCUT2D eigenvalue weighted by molar-refractivity contribution is -0.297. The molecule has 0 aliphatic carbocycles. The highest BCUT2D eigenvalue weighted by Crippen LogP contribution is 2.24. The largest absolute Gasteiger partial charge is 0.462 e. The minimum atomic E-state index is -4.61. The lowest BCUT2D eigenvalue weighted by atomic mass is 10.00. The molecular formula is C51H86O12S. The Morgan fingerprint density at radius 3 is 1.47 bits per heavy atom. The van der Waals surface area contributed by atoms with Gasteiger partial charge in [-0.25, -0.2) is 0 Å². The highest BCUT2D eigenvalue weighted by molar-refractivity contribution is 7.85. The number of allylic oxidation sites excluding steroid dienone is 12. The highest BCUT2D eigenvalue weighted by atomic mass is 32.2. The molecule has 0 aromatic carbocycles.